The van der Waals surface area contributed by atoms with Crippen LogP contribution in [0.5, 0.6) is 0 Å². The number of nitrogens with one attached hydrogen (secondary N) is 2. The minimum atomic E-state index is 0.00506. The lowest BCUT2D eigenvalue weighted by molar-refractivity contribution is -0.115. The van der Waals surface area contributed by atoms with Gasteiger partial charge in [-0.3, -0.25) is 4.79 Å². The average molecular weight is 278 g/mol. The van der Waals surface area contributed by atoms with E-state index < -0.39 is 0 Å². The second-order valence-electron chi connectivity index (χ2n) is 5.46. The summed E-state index contributed by atoms with van der Waals surface area (Å²) in [7, 11) is 0. The van der Waals surface area contributed by atoms with Crippen molar-refractivity contribution in [2.24, 2.45) is 0 Å². The maximum atomic E-state index is 12.1. The molecule has 0 spiro atoms. The molecule has 3 heteroatoms. The Labute approximate surface area is 124 Å². The first-order valence-electron chi connectivity index (χ1n) is 7.05. The topological polar surface area (TPSA) is 44.9 Å². The fourth-order valence-electron chi connectivity index (χ4n) is 2.45. The van der Waals surface area contributed by atoms with Crippen molar-refractivity contribution < 1.29 is 4.79 Å². The molecule has 2 N–H and O–H groups in total. The highest BCUT2D eigenvalue weighted by Crippen LogP contribution is 2.20. The zero-order chi connectivity index (χ0) is 14.8. The van der Waals surface area contributed by atoms with E-state index in [0.717, 1.165) is 27.8 Å². The Morgan fingerprint density at radius 2 is 1.81 bits per heavy atom. The van der Waals surface area contributed by atoms with Crippen LogP contribution in [-0.2, 0) is 11.2 Å². The number of H-pyrrole nitrogens is 1. The van der Waals surface area contributed by atoms with Gasteiger partial charge in [-0.15, -0.1) is 0 Å². The molecule has 1 aromatic heterocycles. The van der Waals surface area contributed by atoms with Gasteiger partial charge < -0.3 is 10.3 Å². The van der Waals surface area contributed by atoms with Crippen molar-refractivity contribution in [2.45, 2.75) is 20.3 Å². The molecule has 0 saturated heterocycles. The quantitative estimate of drug-likeness (QED) is 0.748. The van der Waals surface area contributed by atoms with Gasteiger partial charge in [0, 0.05) is 22.3 Å². The van der Waals surface area contributed by atoms with Crippen molar-refractivity contribution in [3.8, 4) is 0 Å². The Hall–Kier alpha value is -2.55. The normalized spacial score (nSPS) is 10.8. The van der Waals surface area contributed by atoms with Crippen LogP contribution in [0.25, 0.3) is 10.9 Å². The number of hydrogen-bond donors (Lipinski definition) is 2. The first-order valence-corrected chi connectivity index (χ1v) is 7.05. The molecule has 0 bridgehead atoms. The Morgan fingerprint density at radius 1 is 1.05 bits per heavy atom. The fraction of sp³-hybridized carbons (Fsp3) is 0.167. The molecule has 1 amide bonds. The molecule has 21 heavy (non-hydrogen) atoms. The lowest BCUT2D eigenvalue weighted by Gasteiger charge is -2.06. The van der Waals surface area contributed by atoms with E-state index in [1.54, 1.807) is 0 Å². The highest BCUT2D eigenvalue weighted by molar-refractivity contribution is 5.95. The monoisotopic (exact) mass is 278 g/mol. The summed E-state index contributed by atoms with van der Waals surface area (Å²) in [6, 6.07) is 16.0. The van der Waals surface area contributed by atoms with Gasteiger partial charge in [0.2, 0.25) is 5.91 Å². The molecule has 0 unspecified atom stereocenters. The highest BCUT2D eigenvalue weighted by Gasteiger charge is 2.05. The Balaban J connectivity index is 1.71. The predicted molar refractivity (Wildman–Crippen MR) is 86.5 cm³/mol. The molecule has 0 atom stereocenters. The van der Waals surface area contributed by atoms with E-state index >= 15 is 0 Å². The zero-order valence-corrected chi connectivity index (χ0v) is 12.2. The number of rotatable bonds is 3. The van der Waals surface area contributed by atoms with Gasteiger partial charge in [0.15, 0.2) is 0 Å². The third-order valence-corrected chi connectivity index (χ3v) is 3.52. The summed E-state index contributed by atoms with van der Waals surface area (Å²) in [6.07, 6.45) is 0.393. The van der Waals surface area contributed by atoms with Crippen LogP contribution < -0.4 is 5.32 Å². The second kappa shape index (κ2) is 5.44. The lowest BCUT2D eigenvalue weighted by atomic mass is 10.1. The van der Waals surface area contributed by atoms with Crippen molar-refractivity contribution in [1.82, 2.24) is 4.98 Å². The molecule has 106 valence electrons. The number of aromatic amines is 1. The molecule has 0 saturated carbocycles. The Morgan fingerprint density at radius 3 is 2.57 bits per heavy atom. The zero-order valence-electron chi connectivity index (χ0n) is 12.2. The molecule has 0 aliphatic carbocycles. The van der Waals surface area contributed by atoms with E-state index in [1.165, 1.54) is 5.56 Å². The van der Waals surface area contributed by atoms with E-state index in [4.69, 9.17) is 0 Å². The van der Waals surface area contributed by atoms with Crippen molar-refractivity contribution in [2.75, 3.05) is 5.32 Å². The molecule has 2 aromatic carbocycles. The first kappa shape index (κ1) is 13.4. The summed E-state index contributed by atoms with van der Waals surface area (Å²) < 4.78 is 0. The first-order chi connectivity index (χ1) is 10.1. The predicted octanol–water partition coefficient (Wildman–Crippen LogP) is 3.97. The molecule has 0 aliphatic heterocycles. The van der Waals surface area contributed by atoms with Gasteiger partial charge in [-0.05, 0) is 43.7 Å². The van der Waals surface area contributed by atoms with Gasteiger partial charge >= 0.3 is 0 Å². The lowest BCUT2D eigenvalue weighted by Crippen LogP contribution is -2.14. The van der Waals surface area contributed by atoms with E-state index in [-0.39, 0.29) is 5.91 Å². The molecule has 3 aromatic rings. The summed E-state index contributed by atoms with van der Waals surface area (Å²) in [6.45, 7) is 4.06. The second-order valence-corrected chi connectivity index (χ2v) is 5.46. The van der Waals surface area contributed by atoms with Crippen LogP contribution in [0.4, 0.5) is 5.69 Å². The summed E-state index contributed by atoms with van der Waals surface area (Å²) in [5, 5.41) is 4.07. The van der Waals surface area contributed by atoms with Crippen LogP contribution in [0, 0.1) is 13.8 Å². The molecule has 0 aliphatic rings. The van der Waals surface area contributed by atoms with Crippen LogP contribution in [-0.4, -0.2) is 10.9 Å². The van der Waals surface area contributed by atoms with Gasteiger partial charge in [-0.25, -0.2) is 0 Å². The smallest absolute Gasteiger partial charge is 0.228 e. The number of carbonyl (C=O) groups excluding carboxylic acids is 1. The summed E-state index contributed by atoms with van der Waals surface area (Å²) >= 11 is 0. The number of anilines is 1. The number of aromatic nitrogens is 1. The van der Waals surface area contributed by atoms with Gasteiger partial charge in [-0.1, -0.05) is 29.8 Å². The minimum Gasteiger partial charge on any atom is -0.359 e. The molecule has 3 rings (SSSR count). The van der Waals surface area contributed by atoms with Crippen LogP contribution in [0.1, 0.15) is 16.8 Å². The number of aryl methyl sites for hydroxylation is 2. The molecule has 3 nitrogen and oxygen atoms in total. The molecular weight excluding hydrogens is 260 g/mol. The molecule has 1 heterocycles. The maximum Gasteiger partial charge on any atom is 0.228 e. The Kier molecular flexibility index (Phi) is 3.48. The third kappa shape index (κ3) is 3.14. The highest BCUT2D eigenvalue weighted by atomic mass is 16.1. The molecule has 0 fully saturated rings. The van der Waals surface area contributed by atoms with E-state index in [1.807, 2.05) is 56.3 Å². The van der Waals surface area contributed by atoms with E-state index in [0.29, 0.717) is 6.42 Å². The number of benzene rings is 2. The van der Waals surface area contributed by atoms with Gasteiger partial charge in [-0.2, -0.15) is 0 Å². The number of amides is 1. The Bertz CT molecular complexity index is 785. The largest absolute Gasteiger partial charge is 0.359 e. The van der Waals surface area contributed by atoms with Crippen molar-refractivity contribution in [3.63, 3.8) is 0 Å². The van der Waals surface area contributed by atoms with E-state index in [9.17, 15) is 4.79 Å². The average Bonchev–Trinajstić information content (AvgIpc) is 2.80. The van der Waals surface area contributed by atoms with Crippen molar-refractivity contribution in [1.29, 1.82) is 0 Å². The SMILES string of the molecule is Cc1ccc(CC(=O)Nc2ccc3[nH]c(C)cc3c2)cc1. The molecular formula is C18H18N2O. The summed E-state index contributed by atoms with van der Waals surface area (Å²) in [4.78, 5) is 15.4. The van der Waals surface area contributed by atoms with Crippen molar-refractivity contribution >= 4 is 22.5 Å². The minimum absolute atomic E-state index is 0.00506. The fourth-order valence-corrected chi connectivity index (χ4v) is 2.45. The third-order valence-electron chi connectivity index (χ3n) is 3.52. The van der Waals surface area contributed by atoms with Crippen LogP contribution in [0.3, 0.4) is 0 Å². The summed E-state index contributed by atoms with van der Waals surface area (Å²) in [5.74, 6) is 0.00506. The van der Waals surface area contributed by atoms with Crippen molar-refractivity contribution in [3.05, 3.63) is 65.4 Å². The van der Waals surface area contributed by atoms with E-state index in [2.05, 4.69) is 16.4 Å². The van der Waals surface area contributed by atoms with Gasteiger partial charge in [0.25, 0.3) is 0 Å². The van der Waals surface area contributed by atoms with Gasteiger partial charge in [0.1, 0.15) is 0 Å². The standard InChI is InChI=1S/C18H18N2O/c1-12-3-5-14(6-4-12)10-18(21)20-16-7-8-17-15(11-16)9-13(2)19-17/h3-9,11,19H,10H2,1-2H3,(H,20,21). The maximum absolute atomic E-state index is 12.1. The van der Waals surface area contributed by atoms with Crippen LogP contribution in [0.15, 0.2) is 48.5 Å². The number of carbonyl (C=O) groups is 1. The molecule has 0 radical (unpaired) electrons. The number of hydrogen-bond acceptors (Lipinski definition) is 1. The van der Waals surface area contributed by atoms with Gasteiger partial charge in [0.05, 0.1) is 6.42 Å². The summed E-state index contributed by atoms with van der Waals surface area (Å²) in [5.41, 5.74) is 5.26. The van der Waals surface area contributed by atoms with Crippen LogP contribution in [0.2, 0.25) is 0 Å². The number of fused-ring (bicyclic) bond motifs is 1. The van der Waals surface area contributed by atoms with Crippen LogP contribution >= 0.6 is 0 Å².